The van der Waals surface area contributed by atoms with E-state index in [1.165, 1.54) is 0 Å². The summed E-state index contributed by atoms with van der Waals surface area (Å²) in [6, 6.07) is 5.86. The van der Waals surface area contributed by atoms with E-state index in [4.69, 9.17) is 9.47 Å². The highest BCUT2D eigenvalue weighted by molar-refractivity contribution is 5.79. The molecule has 1 aromatic rings. The van der Waals surface area contributed by atoms with Gasteiger partial charge in [0, 0.05) is 13.1 Å². The van der Waals surface area contributed by atoms with Crippen LogP contribution in [0, 0.1) is 0 Å². The summed E-state index contributed by atoms with van der Waals surface area (Å²) in [5, 5.41) is 6.00. The number of hydrogen-bond donors (Lipinski definition) is 2. The number of rotatable bonds is 10. The first-order valence-corrected chi connectivity index (χ1v) is 8.20. The molecule has 1 rings (SSSR count). The summed E-state index contributed by atoms with van der Waals surface area (Å²) in [5.74, 6) is 1.87. The van der Waals surface area contributed by atoms with Gasteiger partial charge in [-0.25, -0.2) is 13.8 Å². The molecular weight excluding hydrogens is 316 g/mol. The monoisotopic (exact) mass is 343 g/mol. The molecule has 136 valence electrons. The van der Waals surface area contributed by atoms with E-state index in [-0.39, 0.29) is 0 Å². The minimum Gasteiger partial charge on any atom is -0.493 e. The van der Waals surface area contributed by atoms with E-state index < -0.39 is 13.0 Å². The Kier molecular flexibility index (Phi) is 9.56. The topological polar surface area (TPSA) is 54.9 Å². The fraction of sp³-hybridized carbons (Fsp3) is 0.588. The molecule has 0 aromatic heterocycles. The van der Waals surface area contributed by atoms with E-state index in [1.807, 2.05) is 32.0 Å². The number of methoxy groups -OCH3 is 1. The van der Waals surface area contributed by atoms with Gasteiger partial charge in [0.2, 0.25) is 0 Å². The van der Waals surface area contributed by atoms with Crippen molar-refractivity contribution >= 4 is 5.96 Å². The summed E-state index contributed by atoms with van der Waals surface area (Å²) in [6.07, 6.45) is -0.751. The van der Waals surface area contributed by atoms with Crippen LogP contribution in [-0.2, 0) is 6.42 Å². The molecule has 0 aliphatic rings. The molecule has 0 aliphatic heterocycles. The predicted molar refractivity (Wildman–Crippen MR) is 92.5 cm³/mol. The number of halogens is 2. The number of nitrogens with zero attached hydrogens (tertiary/aromatic N) is 1. The van der Waals surface area contributed by atoms with Crippen LogP contribution in [-0.4, -0.2) is 45.7 Å². The maximum absolute atomic E-state index is 12.2. The zero-order valence-electron chi connectivity index (χ0n) is 14.6. The Hall–Kier alpha value is -2.05. The summed E-state index contributed by atoms with van der Waals surface area (Å²) in [4.78, 5) is 3.83. The van der Waals surface area contributed by atoms with Gasteiger partial charge in [-0.1, -0.05) is 6.07 Å². The van der Waals surface area contributed by atoms with Gasteiger partial charge in [0.15, 0.2) is 17.5 Å². The standard InChI is InChI=1S/C17H27F2N3O2/c1-4-20-17(22-12-16(18)19)21-10-6-7-13-8-9-14(23-3)15(11-13)24-5-2/h8-9,11,16H,4-7,10,12H2,1-3H3,(H2,20,21,22). The lowest BCUT2D eigenvalue weighted by molar-refractivity contribution is 0.158. The zero-order valence-corrected chi connectivity index (χ0v) is 14.6. The summed E-state index contributed by atoms with van der Waals surface area (Å²) < 4.78 is 35.3. The lowest BCUT2D eigenvalue weighted by Crippen LogP contribution is -2.38. The van der Waals surface area contributed by atoms with Crippen molar-refractivity contribution in [3.63, 3.8) is 0 Å². The number of hydrogen-bond acceptors (Lipinski definition) is 3. The van der Waals surface area contributed by atoms with Crippen LogP contribution in [0.3, 0.4) is 0 Å². The molecule has 0 unspecified atom stereocenters. The average molecular weight is 343 g/mol. The molecule has 0 radical (unpaired) electrons. The average Bonchev–Trinajstić information content (AvgIpc) is 2.57. The summed E-state index contributed by atoms with van der Waals surface area (Å²) >= 11 is 0. The Morgan fingerprint density at radius 2 is 2.00 bits per heavy atom. The molecule has 0 spiro atoms. The van der Waals surface area contributed by atoms with Gasteiger partial charge in [-0.2, -0.15) is 0 Å². The maximum Gasteiger partial charge on any atom is 0.257 e. The molecule has 0 bridgehead atoms. The molecule has 0 atom stereocenters. The number of guanidine groups is 1. The zero-order chi connectivity index (χ0) is 17.8. The van der Waals surface area contributed by atoms with E-state index in [0.29, 0.717) is 31.4 Å². The summed E-state index contributed by atoms with van der Waals surface area (Å²) in [7, 11) is 1.61. The number of alkyl halides is 2. The minimum atomic E-state index is -2.43. The summed E-state index contributed by atoms with van der Waals surface area (Å²) in [5.41, 5.74) is 1.13. The van der Waals surface area contributed by atoms with Crippen molar-refractivity contribution in [2.24, 2.45) is 4.99 Å². The van der Waals surface area contributed by atoms with E-state index >= 15 is 0 Å². The second-order valence-corrected chi connectivity index (χ2v) is 5.06. The van der Waals surface area contributed by atoms with E-state index in [1.54, 1.807) is 7.11 Å². The number of aliphatic imine (C=N–C) groups is 1. The number of aryl methyl sites for hydroxylation is 1. The summed E-state index contributed by atoms with van der Waals surface area (Å²) in [6.45, 7) is 5.18. The lowest BCUT2D eigenvalue weighted by Gasteiger charge is -2.12. The third kappa shape index (κ3) is 7.48. The third-order valence-electron chi connectivity index (χ3n) is 3.19. The van der Waals surface area contributed by atoms with Crippen LogP contribution < -0.4 is 20.1 Å². The SMILES string of the molecule is CCNC(=NCC(F)F)NCCCc1ccc(OC)c(OCC)c1. The van der Waals surface area contributed by atoms with Gasteiger partial charge in [-0.15, -0.1) is 0 Å². The molecule has 0 heterocycles. The highest BCUT2D eigenvalue weighted by Gasteiger charge is 2.06. The largest absolute Gasteiger partial charge is 0.493 e. The van der Waals surface area contributed by atoms with Gasteiger partial charge in [-0.05, 0) is 44.4 Å². The van der Waals surface area contributed by atoms with Crippen molar-refractivity contribution in [2.75, 3.05) is 33.4 Å². The Bertz CT molecular complexity index is 511. The van der Waals surface area contributed by atoms with Crippen molar-refractivity contribution in [1.82, 2.24) is 10.6 Å². The molecular formula is C17H27F2N3O2. The maximum atomic E-state index is 12.2. The van der Waals surface area contributed by atoms with Crippen LogP contribution in [0.1, 0.15) is 25.8 Å². The van der Waals surface area contributed by atoms with Gasteiger partial charge in [-0.3, -0.25) is 0 Å². The highest BCUT2D eigenvalue weighted by Crippen LogP contribution is 2.28. The highest BCUT2D eigenvalue weighted by atomic mass is 19.3. The molecule has 5 nitrogen and oxygen atoms in total. The molecule has 24 heavy (non-hydrogen) atoms. The Labute approximate surface area is 142 Å². The first-order valence-electron chi connectivity index (χ1n) is 8.20. The van der Waals surface area contributed by atoms with Crippen molar-refractivity contribution in [2.45, 2.75) is 33.1 Å². The molecule has 0 saturated carbocycles. The number of ether oxygens (including phenoxy) is 2. The molecule has 0 saturated heterocycles. The number of benzene rings is 1. The minimum absolute atomic E-state index is 0.419. The molecule has 7 heteroatoms. The fourth-order valence-corrected chi connectivity index (χ4v) is 2.15. The van der Waals surface area contributed by atoms with E-state index in [9.17, 15) is 8.78 Å². The van der Waals surface area contributed by atoms with E-state index in [2.05, 4.69) is 15.6 Å². The predicted octanol–water partition coefficient (Wildman–Crippen LogP) is 2.85. The van der Waals surface area contributed by atoms with Gasteiger partial charge >= 0.3 is 0 Å². The smallest absolute Gasteiger partial charge is 0.257 e. The van der Waals surface area contributed by atoms with Crippen LogP contribution in [0.15, 0.2) is 23.2 Å². The first-order chi connectivity index (χ1) is 11.6. The van der Waals surface area contributed by atoms with Crippen LogP contribution in [0.2, 0.25) is 0 Å². The molecule has 0 aliphatic carbocycles. The van der Waals surface area contributed by atoms with Gasteiger partial charge in [0.05, 0.1) is 13.7 Å². The Morgan fingerprint density at radius 3 is 2.62 bits per heavy atom. The van der Waals surface area contributed by atoms with Crippen LogP contribution in [0.5, 0.6) is 11.5 Å². The molecule has 0 amide bonds. The quantitative estimate of drug-likeness (QED) is 0.390. The number of nitrogens with one attached hydrogen (secondary N) is 2. The second kappa shape index (κ2) is 11.5. The van der Waals surface area contributed by atoms with Crippen molar-refractivity contribution < 1.29 is 18.3 Å². The van der Waals surface area contributed by atoms with Crippen LogP contribution >= 0.6 is 0 Å². The van der Waals surface area contributed by atoms with Crippen molar-refractivity contribution in [1.29, 1.82) is 0 Å². The molecule has 1 aromatic carbocycles. The van der Waals surface area contributed by atoms with Gasteiger partial charge < -0.3 is 20.1 Å². The van der Waals surface area contributed by atoms with Crippen LogP contribution in [0.4, 0.5) is 8.78 Å². The Balaban J connectivity index is 2.48. The molecule has 0 fully saturated rings. The third-order valence-corrected chi connectivity index (χ3v) is 3.19. The normalized spacial score (nSPS) is 11.5. The lowest BCUT2D eigenvalue weighted by atomic mass is 10.1. The van der Waals surface area contributed by atoms with Crippen LogP contribution in [0.25, 0.3) is 0 Å². The Morgan fingerprint density at radius 1 is 1.21 bits per heavy atom. The van der Waals surface area contributed by atoms with Gasteiger partial charge in [0.1, 0.15) is 6.54 Å². The van der Waals surface area contributed by atoms with Gasteiger partial charge in [0.25, 0.3) is 6.43 Å². The van der Waals surface area contributed by atoms with Crippen molar-refractivity contribution in [3.8, 4) is 11.5 Å². The fourth-order valence-electron chi connectivity index (χ4n) is 2.15. The second-order valence-electron chi connectivity index (χ2n) is 5.06. The molecule has 2 N–H and O–H groups in total. The van der Waals surface area contributed by atoms with E-state index in [0.717, 1.165) is 24.2 Å². The van der Waals surface area contributed by atoms with Crippen molar-refractivity contribution in [3.05, 3.63) is 23.8 Å². The first kappa shape index (κ1) is 20.0.